The van der Waals surface area contributed by atoms with Gasteiger partial charge in [-0.25, -0.2) is 0 Å². The number of hydrogen-bond acceptors (Lipinski definition) is 4. The second-order valence-corrected chi connectivity index (χ2v) is 6.97. The summed E-state index contributed by atoms with van der Waals surface area (Å²) >= 11 is 3.52. The lowest BCUT2D eigenvalue weighted by Gasteiger charge is -2.32. The van der Waals surface area contributed by atoms with Gasteiger partial charge in [0.2, 0.25) is 0 Å². The van der Waals surface area contributed by atoms with E-state index in [1.807, 2.05) is 19.1 Å². The highest BCUT2D eigenvalue weighted by Gasteiger charge is 2.29. The van der Waals surface area contributed by atoms with Crippen LogP contribution in [0.2, 0.25) is 0 Å². The number of morpholine rings is 1. The van der Waals surface area contributed by atoms with E-state index in [1.54, 1.807) is 0 Å². The maximum atomic E-state index is 10.2. The van der Waals surface area contributed by atoms with E-state index < -0.39 is 0 Å². The molecule has 0 amide bonds. The van der Waals surface area contributed by atoms with Crippen LogP contribution in [-0.4, -0.2) is 60.3 Å². The normalized spacial score (nSPS) is 24.6. The SMILES string of the molecule is Cc1cc(Br)cc(CN2CCC(N3CCOCC3)C2)c1O. The zero-order valence-corrected chi connectivity index (χ0v) is 14.1. The second kappa shape index (κ2) is 6.65. The average molecular weight is 355 g/mol. The van der Waals surface area contributed by atoms with E-state index >= 15 is 0 Å². The molecule has 0 bridgehead atoms. The number of phenolic OH excluding ortho intramolecular Hbond substituents is 1. The van der Waals surface area contributed by atoms with Crippen LogP contribution >= 0.6 is 15.9 Å². The first-order valence-electron chi connectivity index (χ1n) is 7.65. The highest BCUT2D eigenvalue weighted by atomic mass is 79.9. The molecule has 2 heterocycles. The number of halogens is 1. The van der Waals surface area contributed by atoms with E-state index in [0.29, 0.717) is 11.8 Å². The van der Waals surface area contributed by atoms with Gasteiger partial charge in [-0.3, -0.25) is 9.80 Å². The fourth-order valence-corrected chi connectivity index (χ4v) is 3.98. The van der Waals surface area contributed by atoms with Gasteiger partial charge >= 0.3 is 0 Å². The third-order valence-electron chi connectivity index (χ3n) is 4.55. The minimum absolute atomic E-state index is 0.438. The Morgan fingerprint density at radius 3 is 2.81 bits per heavy atom. The van der Waals surface area contributed by atoms with Crippen molar-refractivity contribution in [1.82, 2.24) is 9.80 Å². The molecule has 1 N–H and O–H groups in total. The van der Waals surface area contributed by atoms with E-state index in [9.17, 15) is 5.11 Å². The standard InChI is InChI=1S/C16H23BrN2O2/c1-12-8-14(17)9-13(16(12)20)10-18-3-2-15(11-18)19-4-6-21-7-5-19/h8-9,15,20H,2-7,10-11H2,1H3. The van der Waals surface area contributed by atoms with Gasteiger partial charge in [0.05, 0.1) is 13.2 Å². The minimum atomic E-state index is 0.438. The van der Waals surface area contributed by atoms with Crippen LogP contribution in [0, 0.1) is 6.92 Å². The summed E-state index contributed by atoms with van der Waals surface area (Å²) in [5.41, 5.74) is 1.95. The molecule has 2 aliphatic heterocycles. The van der Waals surface area contributed by atoms with Crippen molar-refractivity contribution in [3.63, 3.8) is 0 Å². The Hall–Kier alpha value is -0.620. The molecule has 1 atom stereocenters. The summed E-state index contributed by atoms with van der Waals surface area (Å²) < 4.78 is 6.47. The number of aromatic hydroxyl groups is 1. The van der Waals surface area contributed by atoms with Crippen LogP contribution in [0.4, 0.5) is 0 Å². The maximum absolute atomic E-state index is 10.2. The summed E-state index contributed by atoms with van der Waals surface area (Å²) in [6.45, 7) is 8.80. The van der Waals surface area contributed by atoms with Crippen LogP contribution in [0.5, 0.6) is 5.75 Å². The summed E-state index contributed by atoms with van der Waals surface area (Å²) in [4.78, 5) is 5.00. The largest absolute Gasteiger partial charge is 0.507 e. The summed E-state index contributed by atoms with van der Waals surface area (Å²) in [7, 11) is 0. The molecule has 0 aliphatic carbocycles. The fourth-order valence-electron chi connectivity index (χ4n) is 3.36. The molecule has 1 unspecified atom stereocenters. The van der Waals surface area contributed by atoms with Crippen LogP contribution < -0.4 is 0 Å². The van der Waals surface area contributed by atoms with Crippen LogP contribution in [0.3, 0.4) is 0 Å². The molecule has 1 aromatic rings. The van der Waals surface area contributed by atoms with Crippen molar-refractivity contribution < 1.29 is 9.84 Å². The van der Waals surface area contributed by atoms with Crippen molar-refractivity contribution in [1.29, 1.82) is 0 Å². The van der Waals surface area contributed by atoms with Crippen molar-refractivity contribution in [2.75, 3.05) is 39.4 Å². The van der Waals surface area contributed by atoms with Crippen molar-refractivity contribution >= 4 is 15.9 Å². The average Bonchev–Trinajstić information content (AvgIpc) is 2.94. The van der Waals surface area contributed by atoms with Gasteiger partial charge in [-0.15, -0.1) is 0 Å². The zero-order chi connectivity index (χ0) is 14.8. The number of benzene rings is 1. The van der Waals surface area contributed by atoms with Gasteiger partial charge in [0.1, 0.15) is 5.75 Å². The van der Waals surface area contributed by atoms with Crippen molar-refractivity contribution in [2.45, 2.75) is 25.9 Å². The lowest BCUT2D eigenvalue weighted by atomic mass is 10.1. The molecule has 21 heavy (non-hydrogen) atoms. The van der Waals surface area contributed by atoms with Gasteiger partial charge in [0.25, 0.3) is 0 Å². The summed E-state index contributed by atoms with van der Waals surface area (Å²) in [6, 6.07) is 4.63. The number of rotatable bonds is 3. The lowest BCUT2D eigenvalue weighted by molar-refractivity contribution is 0.0183. The quantitative estimate of drug-likeness (QED) is 0.903. The highest BCUT2D eigenvalue weighted by molar-refractivity contribution is 9.10. The highest BCUT2D eigenvalue weighted by Crippen LogP contribution is 2.29. The van der Waals surface area contributed by atoms with Gasteiger partial charge in [-0.1, -0.05) is 15.9 Å². The van der Waals surface area contributed by atoms with Crippen LogP contribution in [0.15, 0.2) is 16.6 Å². The molecule has 1 aromatic carbocycles. The van der Waals surface area contributed by atoms with Gasteiger partial charge < -0.3 is 9.84 Å². The predicted octanol–water partition coefficient (Wildman–Crippen LogP) is 2.37. The van der Waals surface area contributed by atoms with Crippen molar-refractivity contribution in [3.8, 4) is 5.75 Å². The first-order chi connectivity index (χ1) is 10.1. The number of aryl methyl sites for hydroxylation is 1. The molecule has 0 radical (unpaired) electrons. The Bertz CT molecular complexity index is 503. The van der Waals surface area contributed by atoms with Gasteiger partial charge in [-0.05, 0) is 31.0 Å². The van der Waals surface area contributed by atoms with Crippen molar-refractivity contribution in [3.05, 3.63) is 27.7 Å². The zero-order valence-electron chi connectivity index (χ0n) is 12.5. The Morgan fingerprint density at radius 2 is 2.05 bits per heavy atom. The van der Waals surface area contributed by atoms with E-state index in [4.69, 9.17) is 4.74 Å². The Morgan fingerprint density at radius 1 is 1.29 bits per heavy atom. The monoisotopic (exact) mass is 354 g/mol. The summed E-state index contributed by atoms with van der Waals surface area (Å²) in [5, 5.41) is 10.2. The molecule has 5 heteroatoms. The predicted molar refractivity (Wildman–Crippen MR) is 86.6 cm³/mol. The molecule has 0 spiro atoms. The number of hydrogen-bond donors (Lipinski definition) is 1. The number of likely N-dealkylation sites (tertiary alicyclic amines) is 1. The van der Waals surface area contributed by atoms with E-state index in [-0.39, 0.29) is 0 Å². The third-order valence-corrected chi connectivity index (χ3v) is 5.01. The van der Waals surface area contributed by atoms with Gasteiger partial charge in [-0.2, -0.15) is 0 Å². The molecule has 0 saturated carbocycles. The van der Waals surface area contributed by atoms with E-state index in [1.165, 1.54) is 6.42 Å². The molecule has 2 aliphatic rings. The van der Waals surface area contributed by atoms with Gasteiger partial charge in [0, 0.05) is 48.8 Å². The molecule has 0 aromatic heterocycles. The molecule has 2 saturated heterocycles. The molecular formula is C16H23BrN2O2. The molecule has 4 nitrogen and oxygen atoms in total. The topological polar surface area (TPSA) is 35.9 Å². The van der Waals surface area contributed by atoms with Gasteiger partial charge in [0.15, 0.2) is 0 Å². The summed E-state index contributed by atoms with van der Waals surface area (Å²) in [5.74, 6) is 0.438. The fraction of sp³-hybridized carbons (Fsp3) is 0.625. The molecular weight excluding hydrogens is 332 g/mol. The third kappa shape index (κ3) is 3.59. The second-order valence-electron chi connectivity index (χ2n) is 6.06. The Balaban J connectivity index is 1.62. The van der Waals surface area contributed by atoms with Crippen LogP contribution in [-0.2, 0) is 11.3 Å². The maximum Gasteiger partial charge on any atom is 0.123 e. The van der Waals surface area contributed by atoms with Crippen LogP contribution in [0.25, 0.3) is 0 Å². The summed E-state index contributed by atoms with van der Waals surface area (Å²) in [6.07, 6.45) is 1.22. The minimum Gasteiger partial charge on any atom is -0.507 e. The first kappa shape index (κ1) is 15.3. The number of nitrogens with zero attached hydrogens (tertiary/aromatic N) is 2. The van der Waals surface area contributed by atoms with E-state index in [2.05, 4.69) is 25.7 Å². The van der Waals surface area contributed by atoms with E-state index in [0.717, 1.165) is 61.5 Å². The number of ether oxygens (including phenoxy) is 1. The molecule has 116 valence electrons. The lowest BCUT2D eigenvalue weighted by Crippen LogP contribution is -2.44. The Kier molecular flexibility index (Phi) is 4.84. The Labute approximate surface area is 134 Å². The smallest absolute Gasteiger partial charge is 0.123 e. The van der Waals surface area contributed by atoms with Crippen LogP contribution in [0.1, 0.15) is 17.5 Å². The molecule has 3 rings (SSSR count). The first-order valence-corrected chi connectivity index (χ1v) is 8.45. The number of phenols is 1. The van der Waals surface area contributed by atoms with Crippen molar-refractivity contribution in [2.24, 2.45) is 0 Å². The molecule has 2 fully saturated rings.